The SMILES string of the molecule is O=C(O)/C=C\Sc1ccc(Cl)cc1. The summed E-state index contributed by atoms with van der Waals surface area (Å²) in [6.45, 7) is 0. The number of benzene rings is 1. The molecule has 68 valence electrons. The zero-order chi connectivity index (χ0) is 9.68. The van der Waals surface area contributed by atoms with Gasteiger partial charge in [0.2, 0.25) is 0 Å². The highest BCUT2D eigenvalue weighted by atomic mass is 35.5. The second-order valence-electron chi connectivity index (χ2n) is 2.21. The molecule has 0 aliphatic carbocycles. The highest BCUT2D eigenvalue weighted by molar-refractivity contribution is 8.02. The molecule has 0 heterocycles. The third kappa shape index (κ3) is 4.01. The average Bonchev–Trinajstić information content (AvgIpc) is 2.08. The Balaban J connectivity index is 2.55. The van der Waals surface area contributed by atoms with Crippen molar-refractivity contribution in [3.63, 3.8) is 0 Å². The van der Waals surface area contributed by atoms with Crippen molar-refractivity contribution in [2.45, 2.75) is 4.90 Å². The smallest absolute Gasteiger partial charge is 0.328 e. The van der Waals surface area contributed by atoms with Gasteiger partial charge in [0.25, 0.3) is 0 Å². The molecule has 4 heteroatoms. The van der Waals surface area contributed by atoms with Crippen LogP contribution in [0.4, 0.5) is 0 Å². The van der Waals surface area contributed by atoms with Crippen LogP contribution in [-0.2, 0) is 4.79 Å². The fraction of sp³-hybridized carbons (Fsp3) is 0. The van der Waals surface area contributed by atoms with Gasteiger partial charge in [0.15, 0.2) is 0 Å². The van der Waals surface area contributed by atoms with E-state index in [0.29, 0.717) is 5.02 Å². The summed E-state index contributed by atoms with van der Waals surface area (Å²) in [6.07, 6.45) is 1.10. The summed E-state index contributed by atoms with van der Waals surface area (Å²) in [7, 11) is 0. The van der Waals surface area contributed by atoms with Crippen molar-refractivity contribution in [1.82, 2.24) is 0 Å². The van der Waals surface area contributed by atoms with Crippen LogP contribution in [0.3, 0.4) is 0 Å². The summed E-state index contributed by atoms with van der Waals surface area (Å²) in [6, 6.07) is 7.19. The van der Waals surface area contributed by atoms with E-state index >= 15 is 0 Å². The maximum Gasteiger partial charge on any atom is 0.328 e. The molecule has 0 saturated heterocycles. The van der Waals surface area contributed by atoms with Gasteiger partial charge < -0.3 is 5.11 Å². The third-order valence-corrected chi connectivity index (χ3v) is 2.30. The number of halogens is 1. The lowest BCUT2D eigenvalue weighted by Crippen LogP contribution is -1.84. The first-order valence-corrected chi connectivity index (χ1v) is 4.76. The van der Waals surface area contributed by atoms with E-state index in [2.05, 4.69) is 0 Å². The first-order valence-electron chi connectivity index (χ1n) is 3.50. The minimum atomic E-state index is -0.943. The summed E-state index contributed by atoms with van der Waals surface area (Å²) < 4.78 is 0. The first kappa shape index (κ1) is 10.2. The lowest BCUT2D eigenvalue weighted by molar-refractivity contribution is -0.131. The Kier molecular flexibility index (Phi) is 3.86. The van der Waals surface area contributed by atoms with Gasteiger partial charge in [0, 0.05) is 16.0 Å². The van der Waals surface area contributed by atoms with Gasteiger partial charge in [-0.25, -0.2) is 4.79 Å². The second kappa shape index (κ2) is 4.94. The molecule has 0 aliphatic heterocycles. The zero-order valence-corrected chi connectivity index (χ0v) is 8.18. The summed E-state index contributed by atoms with van der Waals surface area (Å²) in [4.78, 5) is 11.1. The molecule has 1 rings (SSSR count). The zero-order valence-electron chi connectivity index (χ0n) is 6.61. The Morgan fingerprint density at radius 2 is 2.00 bits per heavy atom. The van der Waals surface area contributed by atoms with E-state index < -0.39 is 5.97 Å². The number of aliphatic carboxylic acids is 1. The molecule has 1 aromatic carbocycles. The van der Waals surface area contributed by atoms with E-state index in [4.69, 9.17) is 16.7 Å². The maximum atomic E-state index is 10.1. The molecule has 13 heavy (non-hydrogen) atoms. The van der Waals surface area contributed by atoms with Crippen LogP contribution >= 0.6 is 23.4 Å². The highest BCUT2D eigenvalue weighted by Gasteiger charge is 1.91. The molecule has 0 unspecified atom stereocenters. The van der Waals surface area contributed by atoms with E-state index in [0.717, 1.165) is 11.0 Å². The highest BCUT2D eigenvalue weighted by Crippen LogP contribution is 2.20. The summed E-state index contributed by atoms with van der Waals surface area (Å²) in [5.74, 6) is -0.943. The van der Waals surface area contributed by atoms with Crippen LogP contribution in [0.1, 0.15) is 0 Å². The number of hydrogen-bond acceptors (Lipinski definition) is 2. The van der Waals surface area contributed by atoms with Gasteiger partial charge in [-0.05, 0) is 29.7 Å². The number of hydrogen-bond donors (Lipinski definition) is 1. The van der Waals surface area contributed by atoms with Crippen molar-refractivity contribution in [1.29, 1.82) is 0 Å². The van der Waals surface area contributed by atoms with Gasteiger partial charge in [0.05, 0.1) is 0 Å². The van der Waals surface area contributed by atoms with Gasteiger partial charge in [-0.15, -0.1) is 0 Å². The second-order valence-corrected chi connectivity index (χ2v) is 3.63. The molecule has 0 spiro atoms. The van der Waals surface area contributed by atoms with E-state index in [1.165, 1.54) is 17.2 Å². The van der Waals surface area contributed by atoms with Crippen LogP contribution in [0.15, 0.2) is 40.6 Å². The standard InChI is InChI=1S/C9H7ClO2S/c10-7-1-3-8(4-2-7)13-6-5-9(11)12/h1-6H,(H,11,12)/b6-5-. The predicted molar refractivity (Wildman–Crippen MR) is 54.1 cm³/mol. The van der Waals surface area contributed by atoms with Crippen molar-refractivity contribution >= 4 is 29.3 Å². The maximum absolute atomic E-state index is 10.1. The molecule has 2 nitrogen and oxygen atoms in total. The first-order chi connectivity index (χ1) is 6.18. The Hall–Kier alpha value is -0.930. The third-order valence-electron chi connectivity index (χ3n) is 1.23. The number of thioether (sulfide) groups is 1. The molecule has 0 radical (unpaired) electrons. The Morgan fingerprint density at radius 1 is 1.38 bits per heavy atom. The fourth-order valence-electron chi connectivity index (χ4n) is 0.684. The van der Waals surface area contributed by atoms with Crippen molar-refractivity contribution in [2.24, 2.45) is 0 Å². The van der Waals surface area contributed by atoms with Gasteiger partial charge in [-0.2, -0.15) is 0 Å². The number of rotatable bonds is 3. The van der Waals surface area contributed by atoms with E-state index in [1.54, 1.807) is 12.1 Å². The van der Waals surface area contributed by atoms with Crippen LogP contribution < -0.4 is 0 Å². The normalized spacial score (nSPS) is 10.5. The molecule has 0 fully saturated rings. The molecule has 0 bridgehead atoms. The lowest BCUT2D eigenvalue weighted by Gasteiger charge is -1.94. The Bertz CT molecular complexity index is 319. The van der Waals surface area contributed by atoms with Crippen LogP contribution in [0.5, 0.6) is 0 Å². The van der Waals surface area contributed by atoms with Crippen LogP contribution in [0.25, 0.3) is 0 Å². The number of carboxylic acid groups (broad SMARTS) is 1. The van der Waals surface area contributed by atoms with E-state index in [-0.39, 0.29) is 0 Å². The Morgan fingerprint density at radius 3 is 2.54 bits per heavy atom. The minimum absolute atomic E-state index is 0.673. The molecule has 0 atom stereocenters. The topological polar surface area (TPSA) is 37.3 Å². The summed E-state index contributed by atoms with van der Waals surface area (Å²) in [5.41, 5.74) is 0. The lowest BCUT2D eigenvalue weighted by atomic mass is 10.4. The van der Waals surface area contributed by atoms with Crippen molar-refractivity contribution in [3.05, 3.63) is 40.8 Å². The Labute approximate surface area is 85.2 Å². The molecule has 0 aliphatic rings. The number of carbonyl (C=O) groups is 1. The van der Waals surface area contributed by atoms with Gasteiger partial charge >= 0.3 is 5.97 Å². The largest absolute Gasteiger partial charge is 0.478 e. The fourth-order valence-corrected chi connectivity index (χ4v) is 1.44. The van der Waals surface area contributed by atoms with Crippen molar-refractivity contribution < 1.29 is 9.90 Å². The quantitative estimate of drug-likeness (QED) is 0.621. The monoisotopic (exact) mass is 214 g/mol. The molecule has 0 saturated carbocycles. The van der Waals surface area contributed by atoms with E-state index in [1.807, 2.05) is 12.1 Å². The average molecular weight is 215 g/mol. The van der Waals surface area contributed by atoms with Crippen LogP contribution in [0, 0.1) is 0 Å². The van der Waals surface area contributed by atoms with Crippen molar-refractivity contribution in [2.75, 3.05) is 0 Å². The molecular formula is C9H7ClO2S. The summed E-state index contributed by atoms with van der Waals surface area (Å²) >= 11 is 7.01. The van der Waals surface area contributed by atoms with Crippen LogP contribution in [0.2, 0.25) is 5.02 Å². The van der Waals surface area contributed by atoms with Crippen LogP contribution in [-0.4, -0.2) is 11.1 Å². The molecular weight excluding hydrogens is 208 g/mol. The molecule has 0 amide bonds. The molecule has 1 aromatic rings. The van der Waals surface area contributed by atoms with Crippen molar-refractivity contribution in [3.8, 4) is 0 Å². The van der Waals surface area contributed by atoms with E-state index in [9.17, 15) is 4.79 Å². The summed E-state index contributed by atoms with van der Waals surface area (Å²) in [5, 5.41) is 10.5. The predicted octanol–water partition coefficient (Wildman–Crippen LogP) is 3.03. The van der Waals surface area contributed by atoms with Gasteiger partial charge in [0.1, 0.15) is 0 Å². The number of carboxylic acids is 1. The van der Waals surface area contributed by atoms with Gasteiger partial charge in [-0.3, -0.25) is 0 Å². The minimum Gasteiger partial charge on any atom is -0.478 e. The molecule has 0 aromatic heterocycles. The molecule has 1 N–H and O–H groups in total. The van der Waals surface area contributed by atoms with Gasteiger partial charge in [-0.1, -0.05) is 23.4 Å².